The third-order valence-corrected chi connectivity index (χ3v) is 3.64. The molecule has 2 aromatic rings. The molecule has 22 heavy (non-hydrogen) atoms. The zero-order valence-corrected chi connectivity index (χ0v) is 12.8. The van der Waals surface area contributed by atoms with Crippen molar-refractivity contribution in [3.05, 3.63) is 58.1 Å². The molecule has 0 radical (unpaired) electrons. The summed E-state index contributed by atoms with van der Waals surface area (Å²) in [6, 6.07) is 11.2. The van der Waals surface area contributed by atoms with E-state index in [0.717, 1.165) is 0 Å². The molecular formula is C15H12Cl2N2O3. The van der Waals surface area contributed by atoms with Gasteiger partial charge in [0, 0.05) is 0 Å². The lowest BCUT2D eigenvalue weighted by atomic mass is 10.2. The van der Waals surface area contributed by atoms with Gasteiger partial charge in [-0.3, -0.25) is 4.79 Å². The second-order valence-electron chi connectivity index (χ2n) is 4.35. The van der Waals surface area contributed by atoms with Crippen LogP contribution in [0.2, 0.25) is 10.0 Å². The molecule has 0 atom stereocenters. The van der Waals surface area contributed by atoms with Crippen molar-refractivity contribution in [1.29, 1.82) is 0 Å². The molecule has 0 unspecified atom stereocenters. The van der Waals surface area contributed by atoms with E-state index in [9.17, 15) is 9.59 Å². The number of nitrogens with one attached hydrogen (secondary N) is 2. The molecule has 0 saturated carbocycles. The Balaban J connectivity index is 2.02. The summed E-state index contributed by atoms with van der Waals surface area (Å²) in [4.78, 5) is 23.0. The number of hydrogen-bond acceptors (Lipinski definition) is 3. The zero-order valence-electron chi connectivity index (χ0n) is 11.3. The number of carboxylic acids is 1. The van der Waals surface area contributed by atoms with Crippen molar-refractivity contribution < 1.29 is 14.7 Å². The standard InChI is InChI=1S/C15H12Cl2N2O3/c16-10-5-3-7-12(14(10)17)18-8-13(20)19-11-6-2-1-4-9(11)15(21)22/h1-7,18H,8H2,(H,19,20)(H,21,22). The smallest absolute Gasteiger partial charge is 0.337 e. The summed E-state index contributed by atoms with van der Waals surface area (Å²) in [6.07, 6.45) is 0. The molecule has 114 valence electrons. The molecule has 0 fully saturated rings. The maximum Gasteiger partial charge on any atom is 0.337 e. The number of hydrogen-bond donors (Lipinski definition) is 3. The van der Waals surface area contributed by atoms with Crippen molar-refractivity contribution in [3.63, 3.8) is 0 Å². The maximum absolute atomic E-state index is 11.9. The molecule has 0 bridgehead atoms. The van der Waals surface area contributed by atoms with Crippen LogP contribution in [0.25, 0.3) is 0 Å². The van der Waals surface area contributed by atoms with Crippen molar-refractivity contribution in [2.75, 3.05) is 17.2 Å². The Morgan fingerprint density at radius 2 is 1.68 bits per heavy atom. The van der Waals surface area contributed by atoms with Crippen LogP contribution in [-0.4, -0.2) is 23.5 Å². The average molecular weight is 339 g/mol. The van der Waals surface area contributed by atoms with Crippen LogP contribution in [0.15, 0.2) is 42.5 Å². The third-order valence-electron chi connectivity index (χ3n) is 2.82. The lowest BCUT2D eigenvalue weighted by molar-refractivity contribution is -0.114. The van der Waals surface area contributed by atoms with Crippen LogP contribution in [0, 0.1) is 0 Å². The van der Waals surface area contributed by atoms with Crippen LogP contribution >= 0.6 is 23.2 Å². The fourth-order valence-electron chi connectivity index (χ4n) is 1.79. The maximum atomic E-state index is 11.9. The summed E-state index contributed by atoms with van der Waals surface area (Å²) < 4.78 is 0. The first kappa shape index (κ1) is 16.1. The SMILES string of the molecule is O=C(CNc1cccc(Cl)c1Cl)Nc1ccccc1C(=O)O. The molecule has 2 rings (SSSR count). The Bertz CT molecular complexity index is 720. The van der Waals surface area contributed by atoms with Gasteiger partial charge in [-0.2, -0.15) is 0 Å². The van der Waals surface area contributed by atoms with Gasteiger partial charge in [-0.1, -0.05) is 41.4 Å². The van der Waals surface area contributed by atoms with E-state index in [0.29, 0.717) is 15.7 Å². The van der Waals surface area contributed by atoms with Crippen LogP contribution < -0.4 is 10.6 Å². The lowest BCUT2D eigenvalue weighted by Crippen LogP contribution is -2.23. The monoisotopic (exact) mass is 338 g/mol. The van der Waals surface area contributed by atoms with Crippen LogP contribution in [0.5, 0.6) is 0 Å². The minimum Gasteiger partial charge on any atom is -0.478 e. The lowest BCUT2D eigenvalue weighted by Gasteiger charge is -2.11. The molecule has 0 spiro atoms. The summed E-state index contributed by atoms with van der Waals surface area (Å²) in [7, 11) is 0. The minimum absolute atomic E-state index is 0.0247. The highest BCUT2D eigenvalue weighted by atomic mass is 35.5. The van der Waals surface area contributed by atoms with Crippen molar-refractivity contribution >= 4 is 46.5 Å². The van der Waals surface area contributed by atoms with Gasteiger partial charge in [0.1, 0.15) is 0 Å². The molecule has 0 heterocycles. The van der Waals surface area contributed by atoms with Crippen LogP contribution in [0.3, 0.4) is 0 Å². The number of halogens is 2. The number of para-hydroxylation sites is 1. The molecule has 5 nitrogen and oxygen atoms in total. The van der Waals surface area contributed by atoms with Gasteiger partial charge >= 0.3 is 5.97 Å². The second kappa shape index (κ2) is 7.15. The molecule has 0 saturated heterocycles. The summed E-state index contributed by atoms with van der Waals surface area (Å²) in [5, 5.41) is 15.1. The molecule has 0 aromatic heterocycles. The van der Waals surface area contributed by atoms with Crippen LogP contribution in [0.1, 0.15) is 10.4 Å². The van der Waals surface area contributed by atoms with E-state index in [1.165, 1.54) is 12.1 Å². The molecule has 7 heteroatoms. The largest absolute Gasteiger partial charge is 0.478 e. The average Bonchev–Trinajstić information content (AvgIpc) is 2.49. The number of carbonyl (C=O) groups excluding carboxylic acids is 1. The zero-order chi connectivity index (χ0) is 16.1. The number of benzene rings is 2. The van der Waals surface area contributed by atoms with Crippen molar-refractivity contribution in [2.24, 2.45) is 0 Å². The minimum atomic E-state index is -1.11. The van der Waals surface area contributed by atoms with E-state index in [4.69, 9.17) is 28.3 Å². The first-order valence-corrected chi connectivity index (χ1v) is 7.04. The van der Waals surface area contributed by atoms with Gasteiger partial charge in [-0.05, 0) is 24.3 Å². The number of carboxylic acid groups (broad SMARTS) is 1. The third kappa shape index (κ3) is 3.90. The topological polar surface area (TPSA) is 78.4 Å². The fraction of sp³-hybridized carbons (Fsp3) is 0.0667. The quantitative estimate of drug-likeness (QED) is 0.775. The normalized spacial score (nSPS) is 10.1. The second-order valence-corrected chi connectivity index (χ2v) is 5.14. The molecule has 3 N–H and O–H groups in total. The summed E-state index contributed by atoms with van der Waals surface area (Å²) in [5.74, 6) is -1.51. The Morgan fingerprint density at radius 3 is 2.41 bits per heavy atom. The number of anilines is 2. The molecular weight excluding hydrogens is 327 g/mol. The van der Waals surface area contributed by atoms with E-state index in [-0.39, 0.29) is 17.8 Å². The van der Waals surface area contributed by atoms with Gasteiger partial charge in [-0.15, -0.1) is 0 Å². The summed E-state index contributed by atoms with van der Waals surface area (Å²) in [6.45, 7) is -0.0754. The Kier molecular flexibility index (Phi) is 5.25. The van der Waals surface area contributed by atoms with Crippen LogP contribution in [0.4, 0.5) is 11.4 Å². The summed E-state index contributed by atoms with van der Waals surface area (Å²) >= 11 is 11.9. The first-order chi connectivity index (χ1) is 10.5. The number of rotatable bonds is 5. The van der Waals surface area contributed by atoms with E-state index >= 15 is 0 Å². The molecule has 0 aliphatic carbocycles. The van der Waals surface area contributed by atoms with Gasteiger partial charge < -0.3 is 15.7 Å². The Hall–Kier alpha value is -2.24. The molecule has 1 amide bonds. The first-order valence-electron chi connectivity index (χ1n) is 6.29. The predicted molar refractivity (Wildman–Crippen MR) is 87.0 cm³/mol. The molecule has 2 aromatic carbocycles. The van der Waals surface area contributed by atoms with Gasteiger partial charge in [-0.25, -0.2) is 4.79 Å². The van der Waals surface area contributed by atoms with Gasteiger partial charge in [0.25, 0.3) is 0 Å². The van der Waals surface area contributed by atoms with E-state index in [2.05, 4.69) is 10.6 Å². The number of carbonyl (C=O) groups is 2. The Morgan fingerprint density at radius 1 is 1.00 bits per heavy atom. The van der Waals surface area contributed by atoms with Gasteiger partial charge in [0.05, 0.1) is 33.5 Å². The predicted octanol–water partition coefficient (Wildman–Crippen LogP) is 3.74. The van der Waals surface area contributed by atoms with E-state index in [1.54, 1.807) is 30.3 Å². The fourth-order valence-corrected chi connectivity index (χ4v) is 2.16. The van der Waals surface area contributed by atoms with Crippen molar-refractivity contribution in [2.45, 2.75) is 0 Å². The van der Waals surface area contributed by atoms with E-state index < -0.39 is 11.9 Å². The van der Waals surface area contributed by atoms with E-state index in [1.807, 2.05) is 0 Å². The van der Waals surface area contributed by atoms with Crippen molar-refractivity contribution in [1.82, 2.24) is 0 Å². The molecule has 0 aliphatic heterocycles. The highest BCUT2D eigenvalue weighted by Crippen LogP contribution is 2.29. The highest BCUT2D eigenvalue weighted by Gasteiger charge is 2.12. The molecule has 0 aliphatic rings. The Labute approximate surface area is 136 Å². The highest BCUT2D eigenvalue weighted by molar-refractivity contribution is 6.43. The summed E-state index contributed by atoms with van der Waals surface area (Å²) in [5.41, 5.74) is 0.784. The number of amides is 1. The van der Waals surface area contributed by atoms with Gasteiger partial charge in [0.2, 0.25) is 5.91 Å². The van der Waals surface area contributed by atoms with Gasteiger partial charge in [0.15, 0.2) is 0 Å². The van der Waals surface area contributed by atoms with Crippen molar-refractivity contribution in [3.8, 4) is 0 Å². The van der Waals surface area contributed by atoms with Crippen LogP contribution in [-0.2, 0) is 4.79 Å². The number of aromatic carboxylic acids is 1.